The molecule has 1 aliphatic heterocycles. The number of nitrogens with zero attached hydrogens (tertiary/aromatic N) is 1. The van der Waals surface area contributed by atoms with Crippen LogP contribution in [0.5, 0.6) is 0 Å². The lowest BCUT2D eigenvalue weighted by Crippen LogP contribution is -2.05. The summed E-state index contributed by atoms with van der Waals surface area (Å²) in [6, 6.07) is 11.1. The fourth-order valence-electron chi connectivity index (χ4n) is 2.24. The number of rotatable bonds is 1. The van der Waals surface area contributed by atoms with Gasteiger partial charge in [0.15, 0.2) is 0 Å². The molecule has 0 saturated heterocycles. The van der Waals surface area contributed by atoms with Crippen molar-refractivity contribution in [2.75, 3.05) is 5.32 Å². The fraction of sp³-hybridized carbons (Fsp3) is 0.214. The van der Waals surface area contributed by atoms with Crippen molar-refractivity contribution in [2.45, 2.75) is 19.4 Å². The molecule has 0 fully saturated rings. The van der Waals surface area contributed by atoms with E-state index in [1.807, 2.05) is 18.5 Å². The van der Waals surface area contributed by atoms with Crippen molar-refractivity contribution < 1.29 is 0 Å². The molecule has 0 radical (unpaired) electrons. The second-order valence-electron chi connectivity index (χ2n) is 4.35. The van der Waals surface area contributed by atoms with Gasteiger partial charge in [-0.05, 0) is 42.2 Å². The Morgan fingerprint density at radius 1 is 1.31 bits per heavy atom. The van der Waals surface area contributed by atoms with Crippen molar-refractivity contribution in [2.24, 2.45) is 0 Å². The third kappa shape index (κ3) is 1.56. The minimum atomic E-state index is 0.380. The van der Waals surface area contributed by atoms with Crippen molar-refractivity contribution in [1.82, 2.24) is 4.98 Å². The van der Waals surface area contributed by atoms with Gasteiger partial charge in [0.2, 0.25) is 0 Å². The normalized spacial score (nSPS) is 17.9. The van der Waals surface area contributed by atoms with E-state index < -0.39 is 0 Å². The smallest absolute Gasteiger partial charge is 0.0570 e. The molecule has 2 heteroatoms. The molecule has 1 aromatic heterocycles. The van der Waals surface area contributed by atoms with Crippen molar-refractivity contribution in [3.8, 4) is 0 Å². The second kappa shape index (κ2) is 3.63. The van der Waals surface area contributed by atoms with E-state index in [-0.39, 0.29) is 0 Å². The number of nitrogens with one attached hydrogen (secondary N) is 1. The van der Waals surface area contributed by atoms with Crippen LogP contribution < -0.4 is 5.32 Å². The van der Waals surface area contributed by atoms with Crippen LogP contribution in [0.3, 0.4) is 0 Å². The summed E-state index contributed by atoms with van der Waals surface area (Å²) in [5, 5.41) is 3.55. The van der Waals surface area contributed by atoms with Crippen LogP contribution in [-0.2, 0) is 6.42 Å². The zero-order chi connectivity index (χ0) is 11.0. The number of pyridine rings is 1. The number of aryl methyl sites for hydroxylation is 1. The molecular formula is C14H14N2. The molecule has 16 heavy (non-hydrogen) atoms. The summed E-state index contributed by atoms with van der Waals surface area (Å²) in [5.74, 6) is 0. The number of aromatic nitrogens is 1. The predicted molar refractivity (Wildman–Crippen MR) is 65.5 cm³/mol. The molecule has 2 aromatic rings. The lowest BCUT2D eigenvalue weighted by molar-refractivity contribution is 0.818. The Balaban J connectivity index is 1.91. The van der Waals surface area contributed by atoms with Crippen LogP contribution in [0.1, 0.15) is 22.7 Å². The van der Waals surface area contributed by atoms with E-state index in [9.17, 15) is 0 Å². The van der Waals surface area contributed by atoms with Gasteiger partial charge in [-0.3, -0.25) is 4.98 Å². The van der Waals surface area contributed by atoms with Gasteiger partial charge in [0.1, 0.15) is 0 Å². The molecule has 0 bridgehead atoms. The summed E-state index contributed by atoms with van der Waals surface area (Å²) in [6.07, 6.45) is 4.81. The molecule has 80 valence electrons. The summed E-state index contributed by atoms with van der Waals surface area (Å²) in [4.78, 5) is 4.17. The highest BCUT2D eigenvalue weighted by Crippen LogP contribution is 2.34. The SMILES string of the molecule is Cc1ccc2c(c1)NC(c1cccnc1)C2. The van der Waals surface area contributed by atoms with Gasteiger partial charge < -0.3 is 5.32 Å². The van der Waals surface area contributed by atoms with Crippen LogP contribution in [0, 0.1) is 6.92 Å². The van der Waals surface area contributed by atoms with E-state index >= 15 is 0 Å². The van der Waals surface area contributed by atoms with Crippen molar-refractivity contribution in [3.63, 3.8) is 0 Å². The van der Waals surface area contributed by atoms with E-state index in [1.165, 1.54) is 22.4 Å². The average molecular weight is 210 g/mol. The minimum absolute atomic E-state index is 0.380. The summed E-state index contributed by atoms with van der Waals surface area (Å²) in [5.41, 5.74) is 5.24. The van der Waals surface area contributed by atoms with E-state index in [1.54, 1.807) is 0 Å². The lowest BCUT2D eigenvalue weighted by atomic mass is 10.0. The van der Waals surface area contributed by atoms with Crippen LogP contribution >= 0.6 is 0 Å². The molecule has 0 spiro atoms. The zero-order valence-electron chi connectivity index (χ0n) is 9.27. The van der Waals surface area contributed by atoms with Crippen LogP contribution in [0.4, 0.5) is 5.69 Å². The van der Waals surface area contributed by atoms with Crippen LogP contribution in [0.15, 0.2) is 42.7 Å². The van der Waals surface area contributed by atoms with Gasteiger partial charge in [0, 0.05) is 18.1 Å². The van der Waals surface area contributed by atoms with Gasteiger partial charge in [0.25, 0.3) is 0 Å². The molecular weight excluding hydrogens is 196 g/mol. The maximum Gasteiger partial charge on any atom is 0.0570 e. The molecule has 1 atom stereocenters. The van der Waals surface area contributed by atoms with Gasteiger partial charge >= 0.3 is 0 Å². The van der Waals surface area contributed by atoms with Crippen LogP contribution in [0.2, 0.25) is 0 Å². The third-order valence-electron chi connectivity index (χ3n) is 3.11. The summed E-state index contributed by atoms with van der Waals surface area (Å²) >= 11 is 0. The van der Waals surface area contributed by atoms with E-state index in [0.717, 1.165) is 6.42 Å². The molecule has 2 nitrogen and oxygen atoms in total. The van der Waals surface area contributed by atoms with E-state index in [0.29, 0.717) is 6.04 Å². The largest absolute Gasteiger partial charge is 0.378 e. The molecule has 1 unspecified atom stereocenters. The molecule has 1 aliphatic rings. The summed E-state index contributed by atoms with van der Waals surface area (Å²) < 4.78 is 0. The van der Waals surface area contributed by atoms with Crippen LogP contribution in [0.25, 0.3) is 0 Å². The van der Waals surface area contributed by atoms with Crippen molar-refractivity contribution >= 4 is 5.69 Å². The maximum atomic E-state index is 4.17. The standard InChI is InChI=1S/C14H14N2/c1-10-4-5-11-8-14(16-13(11)7-10)12-3-2-6-15-9-12/h2-7,9,14,16H,8H2,1H3. The van der Waals surface area contributed by atoms with Gasteiger partial charge in [-0.2, -0.15) is 0 Å². The van der Waals surface area contributed by atoms with Gasteiger partial charge in [0.05, 0.1) is 6.04 Å². The van der Waals surface area contributed by atoms with Crippen molar-refractivity contribution in [1.29, 1.82) is 0 Å². The van der Waals surface area contributed by atoms with E-state index in [4.69, 9.17) is 0 Å². The zero-order valence-corrected chi connectivity index (χ0v) is 9.27. The van der Waals surface area contributed by atoms with Gasteiger partial charge in [-0.1, -0.05) is 18.2 Å². The quantitative estimate of drug-likeness (QED) is 0.782. The Labute approximate surface area is 95.3 Å². The molecule has 0 saturated carbocycles. The molecule has 1 aromatic carbocycles. The molecule has 0 amide bonds. The summed E-state index contributed by atoms with van der Waals surface area (Å²) in [7, 11) is 0. The minimum Gasteiger partial charge on any atom is -0.378 e. The Hall–Kier alpha value is -1.83. The first-order chi connectivity index (χ1) is 7.83. The lowest BCUT2D eigenvalue weighted by Gasteiger charge is -2.10. The third-order valence-corrected chi connectivity index (χ3v) is 3.11. The Kier molecular flexibility index (Phi) is 2.13. The first kappa shape index (κ1) is 9.40. The highest BCUT2D eigenvalue weighted by molar-refractivity contribution is 5.59. The number of benzene rings is 1. The topological polar surface area (TPSA) is 24.9 Å². The van der Waals surface area contributed by atoms with Crippen LogP contribution in [-0.4, -0.2) is 4.98 Å². The molecule has 0 aliphatic carbocycles. The Morgan fingerprint density at radius 2 is 2.25 bits per heavy atom. The number of anilines is 1. The monoisotopic (exact) mass is 210 g/mol. The highest BCUT2D eigenvalue weighted by Gasteiger charge is 2.21. The van der Waals surface area contributed by atoms with Gasteiger partial charge in [-0.15, -0.1) is 0 Å². The molecule has 2 heterocycles. The average Bonchev–Trinajstić information content (AvgIpc) is 2.73. The Morgan fingerprint density at radius 3 is 3.06 bits per heavy atom. The van der Waals surface area contributed by atoms with Crippen molar-refractivity contribution in [3.05, 3.63) is 59.4 Å². The predicted octanol–water partition coefficient (Wildman–Crippen LogP) is 3.10. The van der Waals surface area contributed by atoms with E-state index in [2.05, 4.69) is 41.5 Å². The second-order valence-corrected chi connectivity index (χ2v) is 4.35. The number of fused-ring (bicyclic) bond motifs is 1. The van der Waals surface area contributed by atoms with Gasteiger partial charge in [-0.25, -0.2) is 0 Å². The first-order valence-corrected chi connectivity index (χ1v) is 5.59. The number of hydrogen-bond acceptors (Lipinski definition) is 2. The molecule has 3 rings (SSSR count). The fourth-order valence-corrected chi connectivity index (χ4v) is 2.24. The first-order valence-electron chi connectivity index (χ1n) is 5.59. The number of hydrogen-bond donors (Lipinski definition) is 1. The maximum absolute atomic E-state index is 4.17. The highest BCUT2D eigenvalue weighted by atomic mass is 15.0. The molecule has 1 N–H and O–H groups in total. The summed E-state index contributed by atoms with van der Waals surface area (Å²) in [6.45, 7) is 2.12. The Bertz CT molecular complexity index is 505.